The SMILES string of the molecule is NCCc1cn2cccc(OCc3ccc(Cl)cc3)c2n1. The van der Waals surface area contributed by atoms with Gasteiger partial charge in [0.05, 0.1) is 5.69 Å². The van der Waals surface area contributed by atoms with Gasteiger partial charge in [0.1, 0.15) is 6.61 Å². The first-order valence-electron chi connectivity index (χ1n) is 6.80. The Labute approximate surface area is 128 Å². The van der Waals surface area contributed by atoms with Crippen molar-refractivity contribution in [1.82, 2.24) is 9.38 Å². The van der Waals surface area contributed by atoms with Crippen molar-refractivity contribution in [2.45, 2.75) is 13.0 Å². The summed E-state index contributed by atoms with van der Waals surface area (Å²) in [6.45, 7) is 1.07. The zero-order chi connectivity index (χ0) is 14.7. The highest BCUT2D eigenvalue weighted by Crippen LogP contribution is 2.21. The lowest BCUT2D eigenvalue weighted by Crippen LogP contribution is -2.02. The van der Waals surface area contributed by atoms with Crippen LogP contribution in [0.25, 0.3) is 5.65 Å². The summed E-state index contributed by atoms with van der Waals surface area (Å²) >= 11 is 5.88. The van der Waals surface area contributed by atoms with Crippen LogP contribution in [-0.4, -0.2) is 15.9 Å². The summed E-state index contributed by atoms with van der Waals surface area (Å²) in [7, 11) is 0. The van der Waals surface area contributed by atoms with E-state index in [2.05, 4.69) is 4.98 Å². The van der Waals surface area contributed by atoms with Gasteiger partial charge < -0.3 is 14.9 Å². The third kappa shape index (κ3) is 3.17. The first-order valence-corrected chi connectivity index (χ1v) is 7.18. The predicted octanol–water partition coefficient (Wildman–Crippen LogP) is 3.07. The molecule has 5 heteroatoms. The van der Waals surface area contributed by atoms with E-state index in [0.717, 1.165) is 34.1 Å². The van der Waals surface area contributed by atoms with Gasteiger partial charge in [-0.05, 0) is 36.4 Å². The molecule has 108 valence electrons. The number of imidazole rings is 1. The van der Waals surface area contributed by atoms with Crippen LogP contribution in [0, 0.1) is 0 Å². The fraction of sp³-hybridized carbons (Fsp3) is 0.188. The van der Waals surface area contributed by atoms with Crippen LogP contribution in [0.5, 0.6) is 5.75 Å². The molecule has 0 fully saturated rings. The molecule has 21 heavy (non-hydrogen) atoms. The van der Waals surface area contributed by atoms with Crippen molar-refractivity contribution in [3.63, 3.8) is 0 Å². The summed E-state index contributed by atoms with van der Waals surface area (Å²) in [6, 6.07) is 11.5. The number of rotatable bonds is 5. The van der Waals surface area contributed by atoms with Crippen LogP contribution in [0.4, 0.5) is 0 Å². The molecule has 0 amide bonds. The number of aromatic nitrogens is 2. The van der Waals surface area contributed by atoms with Crippen molar-refractivity contribution in [2.24, 2.45) is 5.73 Å². The molecule has 0 atom stereocenters. The van der Waals surface area contributed by atoms with Gasteiger partial charge in [0.25, 0.3) is 0 Å². The van der Waals surface area contributed by atoms with Crippen molar-refractivity contribution >= 4 is 17.2 Å². The average molecular weight is 302 g/mol. The van der Waals surface area contributed by atoms with E-state index in [0.29, 0.717) is 13.2 Å². The van der Waals surface area contributed by atoms with E-state index in [1.807, 2.05) is 53.2 Å². The monoisotopic (exact) mass is 301 g/mol. The zero-order valence-corrected chi connectivity index (χ0v) is 12.3. The lowest BCUT2D eigenvalue weighted by atomic mass is 10.2. The van der Waals surface area contributed by atoms with Crippen LogP contribution in [0.2, 0.25) is 5.02 Å². The highest BCUT2D eigenvalue weighted by Gasteiger charge is 2.07. The molecule has 4 nitrogen and oxygen atoms in total. The second-order valence-electron chi connectivity index (χ2n) is 4.79. The van der Waals surface area contributed by atoms with Crippen LogP contribution in [-0.2, 0) is 13.0 Å². The number of ether oxygens (including phenoxy) is 1. The van der Waals surface area contributed by atoms with E-state index >= 15 is 0 Å². The second kappa shape index (κ2) is 6.16. The number of pyridine rings is 1. The minimum atomic E-state index is 0.482. The Balaban J connectivity index is 1.81. The minimum absolute atomic E-state index is 0.482. The maximum absolute atomic E-state index is 5.88. The molecule has 3 rings (SSSR count). The van der Waals surface area contributed by atoms with E-state index in [4.69, 9.17) is 22.1 Å². The van der Waals surface area contributed by atoms with Gasteiger partial charge in [-0.1, -0.05) is 23.7 Å². The molecule has 0 unspecified atom stereocenters. The number of halogens is 1. The molecule has 0 aliphatic rings. The fourth-order valence-electron chi connectivity index (χ4n) is 2.16. The fourth-order valence-corrected chi connectivity index (χ4v) is 2.29. The number of hydrogen-bond donors (Lipinski definition) is 1. The standard InChI is InChI=1S/C16H16ClN3O/c17-13-5-3-12(4-6-13)11-21-15-2-1-9-20-10-14(7-8-18)19-16(15)20/h1-6,9-10H,7-8,11,18H2. The lowest BCUT2D eigenvalue weighted by molar-refractivity contribution is 0.308. The van der Waals surface area contributed by atoms with Gasteiger partial charge in [0.2, 0.25) is 0 Å². The maximum atomic E-state index is 5.88. The van der Waals surface area contributed by atoms with Crippen LogP contribution >= 0.6 is 11.6 Å². The summed E-state index contributed by atoms with van der Waals surface area (Å²) in [5, 5.41) is 0.723. The van der Waals surface area contributed by atoms with E-state index in [1.54, 1.807) is 0 Å². The summed E-state index contributed by atoms with van der Waals surface area (Å²) in [5.74, 6) is 0.760. The molecule has 0 saturated carbocycles. The lowest BCUT2D eigenvalue weighted by Gasteiger charge is -2.07. The molecule has 0 saturated heterocycles. The molecule has 2 aromatic heterocycles. The van der Waals surface area contributed by atoms with Crippen LogP contribution in [0.3, 0.4) is 0 Å². The maximum Gasteiger partial charge on any atom is 0.179 e. The number of nitrogens with zero attached hydrogens (tertiary/aromatic N) is 2. The van der Waals surface area contributed by atoms with Gasteiger partial charge in [0, 0.05) is 23.8 Å². The van der Waals surface area contributed by atoms with Gasteiger partial charge in [-0.2, -0.15) is 0 Å². The third-order valence-corrected chi connectivity index (χ3v) is 3.46. The minimum Gasteiger partial charge on any atom is -0.485 e. The van der Waals surface area contributed by atoms with Crippen LogP contribution in [0.15, 0.2) is 48.8 Å². The number of fused-ring (bicyclic) bond motifs is 1. The van der Waals surface area contributed by atoms with Crippen molar-refractivity contribution in [1.29, 1.82) is 0 Å². The molecular weight excluding hydrogens is 286 g/mol. The Morgan fingerprint density at radius 2 is 2.00 bits per heavy atom. The van der Waals surface area contributed by atoms with Crippen molar-refractivity contribution < 1.29 is 4.74 Å². The van der Waals surface area contributed by atoms with E-state index in [-0.39, 0.29) is 0 Å². The molecule has 3 aromatic rings. The molecule has 0 bridgehead atoms. The summed E-state index contributed by atoms with van der Waals surface area (Å²) in [5.41, 5.74) is 8.43. The molecule has 2 heterocycles. The van der Waals surface area contributed by atoms with Gasteiger partial charge in [-0.3, -0.25) is 0 Å². The number of nitrogens with two attached hydrogens (primary N) is 1. The van der Waals surface area contributed by atoms with Gasteiger partial charge in [0.15, 0.2) is 11.4 Å². The molecule has 0 spiro atoms. The largest absolute Gasteiger partial charge is 0.485 e. The Morgan fingerprint density at radius 3 is 2.76 bits per heavy atom. The number of benzene rings is 1. The Morgan fingerprint density at radius 1 is 1.19 bits per heavy atom. The Bertz CT molecular complexity index is 737. The zero-order valence-electron chi connectivity index (χ0n) is 11.5. The van der Waals surface area contributed by atoms with Crippen LogP contribution < -0.4 is 10.5 Å². The van der Waals surface area contributed by atoms with E-state index < -0.39 is 0 Å². The topological polar surface area (TPSA) is 52.5 Å². The van der Waals surface area contributed by atoms with E-state index in [9.17, 15) is 0 Å². The summed E-state index contributed by atoms with van der Waals surface area (Å²) in [6.07, 6.45) is 4.70. The normalized spacial score (nSPS) is 11.0. The van der Waals surface area contributed by atoms with Gasteiger partial charge in [-0.25, -0.2) is 4.98 Å². The average Bonchev–Trinajstić information content (AvgIpc) is 2.90. The molecule has 0 aliphatic carbocycles. The van der Waals surface area contributed by atoms with Crippen LogP contribution in [0.1, 0.15) is 11.3 Å². The summed E-state index contributed by atoms with van der Waals surface area (Å²) in [4.78, 5) is 4.57. The molecule has 0 aliphatic heterocycles. The van der Waals surface area contributed by atoms with Crippen molar-refractivity contribution in [3.05, 3.63) is 65.1 Å². The Hall–Kier alpha value is -2.04. The first kappa shape index (κ1) is 13.9. The molecular formula is C16H16ClN3O. The number of hydrogen-bond acceptors (Lipinski definition) is 3. The highest BCUT2D eigenvalue weighted by molar-refractivity contribution is 6.30. The second-order valence-corrected chi connectivity index (χ2v) is 5.23. The van der Waals surface area contributed by atoms with Crippen molar-refractivity contribution in [3.8, 4) is 5.75 Å². The molecule has 1 aromatic carbocycles. The summed E-state index contributed by atoms with van der Waals surface area (Å²) < 4.78 is 7.84. The highest BCUT2D eigenvalue weighted by atomic mass is 35.5. The Kier molecular flexibility index (Phi) is 4.08. The smallest absolute Gasteiger partial charge is 0.179 e. The first-order chi connectivity index (χ1) is 10.3. The molecule has 2 N–H and O–H groups in total. The molecule has 0 radical (unpaired) electrons. The van der Waals surface area contributed by atoms with E-state index in [1.165, 1.54) is 0 Å². The van der Waals surface area contributed by atoms with Gasteiger partial charge >= 0.3 is 0 Å². The van der Waals surface area contributed by atoms with Gasteiger partial charge in [-0.15, -0.1) is 0 Å². The predicted molar refractivity (Wildman–Crippen MR) is 83.7 cm³/mol. The third-order valence-electron chi connectivity index (χ3n) is 3.20. The van der Waals surface area contributed by atoms with Crippen molar-refractivity contribution in [2.75, 3.05) is 6.54 Å². The quantitative estimate of drug-likeness (QED) is 0.788.